The Kier molecular flexibility index (Phi) is 4.42. The van der Waals surface area contributed by atoms with E-state index >= 15 is 0 Å². The minimum Gasteiger partial charge on any atom is -0.478 e. The van der Waals surface area contributed by atoms with Crippen LogP contribution in [0.15, 0.2) is 52.0 Å². The minimum absolute atomic E-state index is 0.172. The van der Waals surface area contributed by atoms with Crippen LogP contribution in [-0.2, 0) is 0 Å². The van der Waals surface area contributed by atoms with Crippen molar-refractivity contribution in [1.29, 1.82) is 0 Å². The molecule has 0 saturated heterocycles. The SMILES string of the molecule is Cc1cc(C(=O)N/N=C\c2ccc(-c3cccc(C(=O)O)c3)o2)n[nH]1. The molecule has 0 aliphatic rings. The number of carboxylic acids is 1. The fourth-order valence-electron chi connectivity index (χ4n) is 2.13. The first-order valence-corrected chi connectivity index (χ1v) is 7.32. The second-order valence-electron chi connectivity index (χ2n) is 5.22. The predicted octanol–water partition coefficient (Wildman–Crippen LogP) is 2.44. The summed E-state index contributed by atoms with van der Waals surface area (Å²) in [6, 6.07) is 11.4. The van der Waals surface area contributed by atoms with E-state index in [0.29, 0.717) is 17.1 Å². The average Bonchev–Trinajstić information content (AvgIpc) is 3.24. The Balaban J connectivity index is 1.68. The number of amides is 1. The lowest BCUT2D eigenvalue weighted by Crippen LogP contribution is -2.17. The molecular weight excluding hydrogens is 324 g/mol. The molecule has 2 heterocycles. The van der Waals surface area contributed by atoms with Crippen LogP contribution in [0.2, 0.25) is 0 Å². The van der Waals surface area contributed by atoms with Gasteiger partial charge < -0.3 is 9.52 Å². The van der Waals surface area contributed by atoms with Gasteiger partial charge in [-0.15, -0.1) is 0 Å². The van der Waals surface area contributed by atoms with Crippen molar-refractivity contribution in [3.05, 3.63) is 65.2 Å². The number of hydrazone groups is 1. The number of carboxylic acid groups (broad SMARTS) is 1. The Morgan fingerprint density at radius 2 is 2.12 bits per heavy atom. The summed E-state index contributed by atoms with van der Waals surface area (Å²) in [5.41, 5.74) is 4.16. The summed E-state index contributed by atoms with van der Waals surface area (Å²) < 4.78 is 5.58. The number of aromatic carboxylic acids is 1. The molecule has 3 rings (SSSR count). The number of hydrogen-bond acceptors (Lipinski definition) is 5. The van der Waals surface area contributed by atoms with E-state index < -0.39 is 11.9 Å². The van der Waals surface area contributed by atoms with Crippen LogP contribution in [0.5, 0.6) is 0 Å². The van der Waals surface area contributed by atoms with Crippen molar-refractivity contribution in [2.75, 3.05) is 0 Å². The van der Waals surface area contributed by atoms with Crippen LogP contribution in [0, 0.1) is 6.92 Å². The number of aromatic amines is 1. The van der Waals surface area contributed by atoms with Gasteiger partial charge in [0.15, 0.2) is 5.69 Å². The highest BCUT2D eigenvalue weighted by atomic mass is 16.4. The Morgan fingerprint density at radius 1 is 1.28 bits per heavy atom. The molecule has 1 amide bonds. The highest BCUT2D eigenvalue weighted by Gasteiger charge is 2.09. The molecule has 0 fully saturated rings. The van der Waals surface area contributed by atoms with Gasteiger partial charge in [0, 0.05) is 11.3 Å². The number of aromatic nitrogens is 2. The molecule has 0 saturated carbocycles. The molecule has 2 aromatic heterocycles. The second kappa shape index (κ2) is 6.83. The number of carbonyl (C=O) groups is 2. The van der Waals surface area contributed by atoms with Gasteiger partial charge in [-0.25, -0.2) is 10.2 Å². The van der Waals surface area contributed by atoms with Crippen LogP contribution >= 0.6 is 0 Å². The van der Waals surface area contributed by atoms with Crippen molar-refractivity contribution in [2.45, 2.75) is 6.92 Å². The second-order valence-corrected chi connectivity index (χ2v) is 5.22. The third kappa shape index (κ3) is 3.81. The molecule has 3 aromatic rings. The fourth-order valence-corrected chi connectivity index (χ4v) is 2.13. The molecule has 126 valence electrons. The van der Waals surface area contributed by atoms with E-state index in [-0.39, 0.29) is 11.3 Å². The number of carbonyl (C=O) groups excluding carboxylic acids is 1. The molecule has 8 nitrogen and oxygen atoms in total. The smallest absolute Gasteiger partial charge is 0.335 e. The minimum atomic E-state index is -1.01. The van der Waals surface area contributed by atoms with Gasteiger partial charge in [0.25, 0.3) is 5.91 Å². The van der Waals surface area contributed by atoms with E-state index in [9.17, 15) is 9.59 Å². The zero-order chi connectivity index (χ0) is 17.8. The summed E-state index contributed by atoms with van der Waals surface area (Å²) in [6.45, 7) is 1.79. The zero-order valence-corrected chi connectivity index (χ0v) is 13.2. The van der Waals surface area contributed by atoms with Crippen LogP contribution < -0.4 is 5.43 Å². The van der Waals surface area contributed by atoms with Crippen molar-refractivity contribution in [1.82, 2.24) is 15.6 Å². The lowest BCUT2D eigenvalue weighted by atomic mass is 10.1. The van der Waals surface area contributed by atoms with E-state index in [4.69, 9.17) is 9.52 Å². The van der Waals surface area contributed by atoms with Crippen molar-refractivity contribution < 1.29 is 19.1 Å². The Hall–Kier alpha value is -3.68. The third-order valence-electron chi connectivity index (χ3n) is 3.32. The molecule has 0 atom stereocenters. The number of nitrogens with zero attached hydrogens (tertiary/aromatic N) is 2. The van der Waals surface area contributed by atoms with E-state index in [1.165, 1.54) is 18.3 Å². The van der Waals surface area contributed by atoms with Gasteiger partial charge >= 0.3 is 5.97 Å². The highest BCUT2D eigenvalue weighted by Crippen LogP contribution is 2.22. The molecule has 0 bridgehead atoms. The molecule has 3 N–H and O–H groups in total. The largest absolute Gasteiger partial charge is 0.478 e. The van der Waals surface area contributed by atoms with Crippen molar-refractivity contribution in [2.24, 2.45) is 5.10 Å². The van der Waals surface area contributed by atoms with E-state index in [0.717, 1.165) is 5.69 Å². The summed E-state index contributed by atoms with van der Waals surface area (Å²) in [5, 5.41) is 19.3. The number of benzene rings is 1. The lowest BCUT2D eigenvalue weighted by molar-refractivity contribution is 0.0696. The molecule has 0 aliphatic carbocycles. The number of rotatable bonds is 5. The maximum Gasteiger partial charge on any atom is 0.335 e. The lowest BCUT2D eigenvalue weighted by Gasteiger charge is -1.99. The van der Waals surface area contributed by atoms with Gasteiger partial charge in [-0.05, 0) is 37.3 Å². The molecule has 0 unspecified atom stereocenters. The maximum absolute atomic E-state index is 11.8. The Labute approximate surface area is 142 Å². The summed E-state index contributed by atoms with van der Waals surface area (Å²) in [4.78, 5) is 22.8. The van der Waals surface area contributed by atoms with Gasteiger partial charge in [0.2, 0.25) is 0 Å². The standard InChI is InChI=1S/C17H14N4O4/c1-10-7-14(20-19-10)16(22)21-18-9-13-5-6-15(25-13)11-3-2-4-12(8-11)17(23)24/h2-9H,1H3,(H,19,20)(H,21,22)(H,23,24)/b18-9-. The highest BCUT2D eigenvalue weighted by molar-refractivity contribution is 5.93. The summed E-state index contributed by atoms with van der Waals surface area (Å²) in [6.07, 6.45) is 1.35. The number of hydrogen-bond donors (Lipinski definition) is 3. The Morgan fingerprint density at radius 3 is 2.84 bits per heavy atom. The molecule has 1 aromatic carbocycles. The molecular formula is C17H14N4O4. The average molecular weight is 338 g/mol. The number of furan rings is 1. The Bertz CT molecular complexity index is 955. The zero-order valence-electron chi connectivity index (χ0n) is 13.2. The van der Waals surface area contributed by atoms with Gasteiger partial charge in [0.1, 0.15) is 11.5 Å². The van der Waals surface area contributed by atoms with Crippen LogP contribution in [-0.4, -0.2) is 33.4 Å². The van der Waals surface area contributed by atoms with Crippen molar-refractivity contribution >= 4 is 18.1 Å². The first-order valence-electron chi connectivity index (χ1n) is 7.32. The van der Waals surface area contributed by atoms with Gasteiger partial charge in [-0.2, -0.15) is 10.2 Å². The van der Waals surface area contributed by atoms with Gasteiger partial charge in [-0.3, -0.25) is 9.89 Å². The van der Waals surface area contributed by atoms with E-state index in [1.807, 2.05) is 0 Å². The normalized spacial score (nSPS) is 10.9. The van der Waals surface area contributed by atoms with Crippen LogP contribution in [0.25, 0.3) is 11.3 Å². The quantitative estimate of drug-likeness (QED) is 0.487. The summed E-state index contributed by atoms with van der Waals surface area (Å²) >= 11 is 0. The van der Waals surface area contributed by atoms with Crippen LogP contribution in [0.4, 0.5) is 0 Å². The number of H-pyrrole nitrogens is 1. The van der Waals surface area contributed by atoms with Gasteiger partial charge in [-0.1, -0.05) is 12.1 Å². The number of aryl methyl sites for hydroxylation is 1. The molecule has 25 heavy (non-hydrogen) atoms. The van der Waals surface area contributed by atoms with Crippen LogP contribution in [0.1, 0.15) is 32.3 Å². The van der Waals surface area contributed by atoms with E-state index in [2.05, 4.69) is 20.7 Å². The predicted molar refractivity (Wildman–Crippen MR) is 89.5 cm³/mol. The first-order chi connectivity index (χ1) is 12.0. The van der Waals surface area contributed by atoms with Crippen LogP contribution in [0.3, 0.4) is 0 Å². The molecule has 0 radical (unpaired) electrons. The summed E-state index contributed by atoms with van der Waals surface area (Å²) in [7, 11) is 0. The summed E-state index contributed by atoms with van der Waals surface area (Å²) in [5.74, 6) is -0.541. The fraction of sp³-hybridized carbons (Fsp3) is 0.0588. The molecule has 8 heteroatoms. The topological polar surface area (TPSA) is 121 Å². The van der Waals surface area contributed by atoms with Crippen molar-refractivity contribution in [3.8, 4) is 11.3 Å². The number of nitrogens with one attached hydrogen (secondary N) is 2. The first kappa shape index (κ1) is 16.2. The van der Waals surface area contributed by atoms with Crippen molar-refractivity contribution in [3.63, 3.8) is 0 Å². The van der Waals surface area contributed by atoms with E-state index in [1.54, 1.807) is 37.3 Å². The monoisotopic (exact) mass is 338 g/mol. The maximum atomic E-state index is 11.8. The molecule has 0 aliphatic heterocycles. The van der Waals surface area contributed by atoms with Gasteiger partial charge in [0.05, 0.1) is 11.8 Å². The third-order valence-corrected chi connectivity index (χ3v) is 3.32. The molecule has 0 spiro atoms.